The second-order valence-corrected chi connectivity index (χ2v) is 5.54. The van der Waals surface area contributed by atoms with Crippen LogP contribution < -0.4 is 14.4 Å². The predicted octanol–water partition coefficient (Wildman–Crippen LogP) is 3.67. The highest BCUT2D eigenvalue weighted by Gasteiger charge is 2.14. The maximum Gasteiger partial charge on any atom is 0.246 e. The van der Waals surface area contributed by atoms with Crippen LogP contribution in [-0.2, 0) is 6.54 Å². The van der Waals surface area contributed by atoms with Crippen LogP contribution >= 0.6 is 0 Å². The molecule has 0 amide bonds. The van der Waals surface area contributed by atoms with Gasteiger partial charge in [-0.15, -0.1) is 0 Å². The second kappa shape index (κ2) is 7.38. The molecule has 0 aliphatic rings. The molecule has 2 aromatic carbocycles. The first-order valence-electron chi connectivity index (χ1n) is 7.73. The van der Waals surface area contributed by atoms with Gasteiger partial charge in [0.1, 0.15) is 0 Å². The zero-order valence-electron chi connectivity index (χ0n) is 14.5. The molecule has 0 saturated heterocycles. The summed E-state index contributed by atoms with van der Waals surface area (Å²) in [6, 6.07) is 8.94. The second-order valence-electron chi connectivity index (χ2n) is 5.54. The van der Waals surface area contributed by atoms with Crippen molar-refractivity contribution in [3.05, 3.63) is 53.9 Å². The Kier molecular flexibility index (Phi) is 5.01. The number of halogens is 2. The standard InChI is InChI=1S/C18H17F2N3O3/c1-23(12-5-6-13(19)14(20)9-12)10-17-21-18(22-26-17)11-4-7-15(24-2)16(8-11)25-3/h4-9H,10H2,1-3H3. The highest BCUT2D eigenvalue weighted by molar-refractivity contribution is 5.60. The van der Waals surface area contributed by atoms with Crippen molar-refractivity contribution in [1.82, 2.24) is 10.1 Å². The molecule has 136 valence electrons. The van der Waals surface area contributed by atoms with Gasteiger partial charge in [-0.25, -0.2) is 8.78 Å². The first-order valence-corrected chi connectivity index (χ1v) is 7.73. The van der Waals surface area contributed by atoms with Gasteiger partial charge in [-0.1, -0.05) is 5.16 Å². The predicted molar refractivity (Wildman–Crippen MR) is 91.3 cm³/mol. The first-order chi connectivity index (χ1) is 12.5. The number of hydrogen-bond acceptors (Lipinski definition) is 6. The summed E-state index contributed by atoms with van der Waals surface area (Å²) in [4.78, 5) is 6.01. The van der Waals surface area contributed by atoms with Crippen LogP contribution in [-0.4, -0.2) is 31.4 Å². The summed E-state index contributed by atoms with van der Waals surface area (Å²) >= 11 is 0. The van der Waals surface area contributed by atoms with E-state index in [2.05, 4.69) is 10.1 Å². The number of ether oxygens (including phenoxy) is 2. The van der Waals surface area contributed by atoms with E-state index in [1.165, 1.54) is 6.07 Å². The van der Waals surface area contributed by atoms with E-state index in [0.29, 0.717) is 34.5 Å². The van der Waals surface area contributed by atoms with Crippen molar-refractivity contribution in [1.29, 1.82) is 0 Å². The third kappa shape index (κ3) is 3.58. The maximum absolute atomic E-state index is 13.4. The highest BCUT2D eigenvalue weighted by Crippen LogP contribution is 2.31. The van der Waals surface area contributed by atoms with Crippen LogP contribution in [0.1, 0.15) is 5.89 Å². The van der Waals surface area contributed by atoms with Crippen LogP contribution in [0.15, 0.2) is 40.9 Å². The molecule has 3 rings (SSSR count). The van der Waals surface area contributed by atoms with Gasteiger partial charge in [0.25, 0.3) is 0 Å². The first kappa shape index (κ1) is 17.7. The highest BCUT2D eigenvalue weighted by atomic mass is 19.2. The fourth-order valence-electron chi connectivity index (χ4n) is 2.43. The van der Waals surface area contributed by atoms with Crippen LogP contribution in [0, 0.1) is 11.6 Å². The molecule has 0 spiro atoms. The SMILES string of the molecule is COc1ccc(-c2noc(CN(C)c3ccc(F)c(F)c3)n2)cc1OC. The molecule has 8 heteroatoms. The lowest BCUT2D eigenvalue weighted by Crippen LogP contribution is -2.16. The minimum atomic E-state index is -0.911. The Morgan fingerprint density at radius 2 is 1.77 bits per heavy atom. The van der Waals surface area contributed by atoms with Crippen molar-refractivity contribution in [2.75, 3.05) is 26.2 Å². The molecule has 0 radical (unpaired) electrons. The molecule has 1 aromatic heterocycles. The minimum absolute atomic E-state index is 0.241. The summed E-state index contributed by atoms with van der Waals surface area (Å²) in [5.74, 6) is 0.0662. The van der Waals surface area contributed by atoms with Crippen molar-refractivity contribution >= 4 is 5.69 Å². The van der Waals surface area contributed by atoms with Crippen molar-refractivity contribution < 1.29 is 22.8 Å². The largest absolute Gasteiger partial charge is 0.493 e. The number of rotatable bonds is 6. The van der Waals surface area contributed by atoms with Gasteiger partial charge in [0, 0.05) is 24.4 Å². The van der Waals surface area contributed by atoms with E-state index in [1.54, 1.807) is 44.4 Å². The topological polar surface area (TPSA) is 60.6 Å². The summed E-state index contributed by atoms with van der Waals surface area (Å²) in [7, 11) is 4.81. The molecular formula is C18H17F2N3O3. The molecule has 0 aliphatic heterocycles. The fraction of sp³-hybridized carbons (Fsp3) is 0.222. The lowest BCUT2D eigenvalue weighted by Gasteiger charge is -2.16. The summed E-state index contributed by atoms with van der Waals surface area (Å²) in [6.07, 6.45) is 0. The Bertz CT molecular complexity index is 914. The van der Waals surface area contributed by atoms with Crippen LogP contribution in [0.3, 0.4) is 0 Å². The summed E-state index contributed by atoms with van der Waals surface area (Å²) < 4.78 is 42.1. The van der Waals surface area contributed by atoms with Crippen molar-refractivity contribution in [2.45, 2.75) is 6.54 Å². The third-order valence-corrected chi connectivity index (χ3v) is 3.83. The minimum Gasteiger partial charge on any atom is -0.493 e. The van der Waals surface area contributed by atoms with E-state index in [-0.39, 0.29) is 6.54 Å². The van der Waals surface area contributed by atoms with Crippen LogP contribution in [0.4, 0.5) is 14.5 Å². The number of anilines is 1. The smallest absolute Gasteiger partial charge is 0.246 e. The molecule has 0 fully saturated rings. The Morgan fingerprint density at radius 3 is 2.46 bits per heavy atom. The van der Waals surface area contributed by atoms with Gasteiger partial charge in [0.2, 0.25) is 11.7 Å². The normalized spacial score (nSPS) is 10.7. The molecule has 0 N–H and O–H groups in total. The number of aromatic nitrogens is 2. The van der Waals surface area contributed by atoms with E-state index < -0.39 is 11.6 Å². The molecule has 0 bridgehead atoms. The number of hydrogen-bond donors (Lipinski definition) is 0. The third-order valence-electron chi connectivity index (χ3n) is 3.83. The zero-order chi connectivity index (χ0) is 18.7. The van der Waals surface area contributed by atoms with Gasteiger partial charge in [0.15, 0.2) is 23.1 Å². The molecule has 3 aromatic rings. The van der Waals surface area contributed by atoms with Crippen molar-refractivity contribution in [2.24, 2.45) is 0 Å². The molecule has 6 nitrogen and oxygen atoms in total. The average molecular weight is 361 g/mol. The number of methoxy groups -OCH3 is 2. The summed E-state index contributed by atoms with van der Waals surface area (Å²) in [6.45, 7) is 0.241. The van der Waals surface area contributed by atoms with Crippen LogP contribution in [0.5, 0.6) is 11.5 Å². The molecule has 0 unspecified atom stereocenters. The Labute approximate surface area is 149 Å². The van der Waals surface area contributed by atoms with Gasteiger partial charge in [0.05, 0.1) is 20.8 Å². The average Bonchev–Trinajstić information content (AvgIpc) is 3.11. The monoisotopic (exact) mass is 361 g/mol. The van der Waals surface area contributed by atoms with Crippen molar-refractivity contribution in [3.8, 4) is 22.9 Å². The molecule has 0 saturated carbocycles. The van der Waals surface area contributed by atoms with Gasteiger partial charge >= 0.3 is 0 Å². The van der Waals surface area contributed by atoms with E-state index >= 15 is 0 Å². The summed E-state index contributed by atoms with van der Waals surface area (Å²) in [5, 5.41) is 3.95. The van der Waals surface area contributed by atoms with Gasteiger partial charge in [-0.3, -0.25) is 0 Å². The Hall–Kier alpha value is -3.16. The van der Waals surface area contributed by atoms with E-state index in [9.17, 15) is 8.78 Å². The van der Waals surface area contributed by atoms with Gasteiger partial charge in [-0.2, -0.15) is 4.98 Å². The van der Waals surface area contributed by atoms with Crippen molar-refractivity contribution in [3.63, 3.8) is 0 Å². The van der Waals surface area contributed by atoms with E-state index in [0.717, 1.165) is 12.1 Å². The van der Waals surface area contributed by atoms with Gasteiger partial charge < -0.3 is 18.9 Å². The quantitative estimate of drug-likeness (QED) is 0.668. The number of nitrogens with zero attached hydrogens (tertiary/aromatic N) is 3. The van der Waals surface area contributed by atoms with Gasteiger partial charge in [-0.05, 0) is 30.3 Å². The van der Waals surface area contributed by atoms with Crippen LogP contribution in [0.2, 0.25) is 0 Å². The lowest BCUT2D eigenvalue weighted by atomic mass is 10.2. The summed E-state index contributed by atoms with van der Waals surface area (Å²) in [5.41, 5.74) is 1.20. The van der Waals surface area contributed by atoms with E-state index in [1.807, 2.05) is 0 Å². The number of benzene rings is 2. The fourth-order valence-corrected chi connectivity index (χ4v) is 2.43. The van der Waals surface area contributed by atoms with Crippen LogP contribution in [0.25, 0.3) is 11.4 Å². The Morgan fingerprint density at radius 1 is 1.00 bits per heavy atom. The zero-order valence-corrected chi connectivity index (χ0v) is 14.5. The lowest BCUT2D eigenvalue weighted by molar-refractivity contribution is 0.355. The van der Waals surface area contributed by atoms with E-state index in [4.69, 9.17) is 14.0 Å². The Balaban J connectivity index is 1.78. The maximum atomic E-state index is 13.4. The molecule has 0 atom stereocenters. The molecule has 1 heterocycles. The molecule has 0 aliphatic carbocycles. The molecular weight excluding hydrogens is 344 g/mol. The molecule has 26 heavy (non-hydrogen) atoms.